The van der Waals surface area contributed by atoms with Crippen LogP contribution in [0.15, 0.2) is 78.9 Å². The summed E-state index contributed by atoms with van der Waals surface area (Å²) in [6.07, 6.45) is 0. The predicted octanol–water partition coefficient (Wildman–Crippen LogP) is 6.46. The molecule has 0 aliphatic heterocycles. The Morgan fingerprint density at radius 3 is 2.55 bits per heavy atom. The minimum Gasteiger partial charge on any atom is -0.497 e. The van der Waals surface area contributed by atoms with Crippen LogP contribution in [0.25, 0.3) is 21.9 Å². The van der Waals surface area contributed by atoms with Gasteiger partial charge in [-0.05, 0) is 82.8 Å². The molecule has 4 rings (SSSR count). The molecule has 4 heteroatoms. The van der Waals surface area contributed by atoms with Gasteiger partial charge >= 0.3 is 5.97 Å². The Bertz CT molecular complexity index is 1300. The minimum absolute atomic E-state index is 0.167. The van der Waals surface area contributed by atoms with Gasteiger partial charge in [0.05, 0.1) is 19.8 Å². The van der Waals surface area contributed by atoms with Crippen LogP contribution in [0.2, 0.25) is 0 Å². The van der Waals surface area contributed by atoms with Crippen molar-refractivity contribution in [1.82, 2.24) is 5.32 Å². The summed E-state index contributed by atoms with van der Waals surface area (Å²) in [4.78, 5) is 12.3. The summed E-state index contributed by atoms with van der Waals surface area (Å²) >= 11 is 0. The third-order valence-electron chi connectivity index (χ3n) is 6.08. The highest BCUT2D eigenvalue weighted by atomic mass is 16.5. The monoisotopic (exact) mass is 439 g/mol. The largest absolute Gasteiger partial charge is 0.497 e. The number of hydrogen-bond donors (Lipinski definition) is 1. The van der Waals surface area contributed by atoms with Crippen LogP contribution in [0.3, 0.4) is 0 Å². The molecule has 168 valence electrons. The van der Waals surface area contributed by atoms with Gasteiger partial charge in [-0.1, -0.05) is 48.5 Å². The predicted molar refractivity (Wildman–Crippen MR) is 134 cm³/mol. The lowest BCUT2D eigenvalue weighted by molar-refractivity contribution is 0.0600. The van der Waals surface area contributed by atoms with Gasteiger partial charge in [-0.3, -0.25) is 0 Å². The Morgan fingerprint density at radius 2 is 1.76 bits per heavy atom. The number of benzene rings is 4. The molecule has 0 radical (unpaired) electrons. The Labute approximate surface area is 195 Å². The van der Waals surface area contributed by atoms with E-state index in [1.165, 1.54) is 23.6 Å². The summed E-state index contributed by atoms with van der Waals surface area (Å²) in [5.41, 5.74) is 5.95. The molecule has 0 aromatic heterocycles. The van der Waals surface area contributed by atoms with Crippen LogP contribution >= 0.6 is 0 Å². The lowest BCUT2D eigenvalue weighted by Gasteiger charge is -2.17. The van der Waals surface area contributed by atoms with Crippen molar-refractivity contribution in [1.29, 1.82) is 0 Å². The second kappa shape index (κ2) is 9.88. The van der Waals surface area contributed by atoms with Crippen LogP contribution in [-0.4, -0.2) is 20.2 Å². The van der Waals surface area contributed by atoms with Gasteiger partial charge in [0.15, 0.2) is 0 Å². The molecule has 0 heterocycles. The Balaban J connectivity index is 1.68. The van der Waals surface area contributed by atoms with Gasteiger partial charge in [0.25, 0.3) is 0 Å². The molecule has 4 aromatic carbocycles. The van der Waals surface area contributed by atoms with Crippen LogP contribution in [0.4, 0.5) is 0 Å². The first-order chi connectivity index (χ1) is 16.0. The molecule has 0 amide bonds. The van der Waals surface area contributed by atoms with Gasteiger partial charge in [0, 0.05) is 12.6 Å². The summed E-state index contributed by atoms with van der Waals surface area (Å²) in [6.45, 7) is 4.79. The number of carbonyl (C=O) groups excluding carboxylic acids is 1. The topological polar surface area (TPSA) is 47.6 Å². The molecule has 1 N–H and O–H groups in total. The highest BCUT2D eigenvalue weighted by Crippen LogP contribution is 2.32. The number of rotatable bonds is 7. The molecule has 0 spiro atoms. The SMILES string of the molecule is COC(=O)c1cc(-c2cc(CN[C@H](C)c3cccc(OC)c3)cc3ccccc23)ccc1C. The number of hydrogen-bond acceptors (Lipinski definition) is 4. The van der Waals surface area contributed by atoms with Gasteiger partial charge in [0.1, 0.15) is 5.75 Å². The van der Waals surface area contributed by atoms with E-state index in [9.17, 15) is 4.79 Å². The smallest absolute Gasteiger partial charge is 0.338 e. The third kappa shape index (κ3) is 4.91. The first kappa shape index (κ1) is 22.6. The zero-order valence-electron chi connectivity index (χ0n) is 19.5. The van der Waals surface area contributed by atoms with Crippen LogP contribution < -0.4 is 10.1 Å². The minimum atomic E-state index is -0.316. The van der Waals surface area contributed by atoms with E-state index in [1.807, 2.05) is 37.3 Å². The van der Waals surface area contributed by atoms with Gasteiger partial charge in [-0.15, -0.1) is 0 Å². The molecule has 0 saturated carbocycles. The number of methoxy groups -OCH3 is 2. The maximum absolute atomic E-state index is 12.3. The van der Waals surface area contributed by atoms with Crippen molar-refractivity contribution in [3.63, 3.8) is 0 Å². The summed E-state index contributed by atoms with van der Waals surface area (Å²) in [5, 5.41) is 5.95. The quantitative estimate of drug-likeness (QED) is 0.336. The second-order valence-corrected chi connectivity index (χ2v) is 8.27. The number of esters is 1. The highest BCUT2D eigenvalue weighted by molar-refractivity contribution is 5.99. The van der Waals surface area contributed by atoms with E-state index >= 15 is 0 Å². The van der Waals surface area contributed by atoms with Crippen LogP contribution in [0, 0.1) is 6.92 Å². The normalized spacial score (nSPS) is 11.9. The summed E-state index contributed by atoms with van der Waals surface area (Å²) < 4.78 is 10.3. The number of aryl methyl sites for hydroxylation is 1. The fraction of sp³-hybridized carbons (Fsp3) is 0.207. The molecule has 33 heavy (non-hydrogen) atoms. The van der Waals surface area contributed by atoms with E-state index in [-0.39, 0.29) is 12.0 Å². The molecular formula is C29H29NO3. The van der Waals surface area contributed by atoms with Gasteiger partial charge < -0.3 is 14.8 Å². The fourth-order valence-electron chi connectivity index (χ4n) is 4.13. The maximum Gasteiger partial charge on any atom is 0.338 e. The van der Waals surface area contributed by atoms with Crippen molar-refractivity contribution in [2.24, 2.45) is 0 Å². The number of ether oxygens (including phenoxy) is 2. The highest BCUT2D eigenvalue weighted by Gasteiger charge is 2.14. The van der Waals surface area contributed by atoms with E-state index in [1.54, 1.807) is 7.11 Å². The number of fused-ring (bicyclic) bond motifs is 1. The standard InChI is InChI=1S/C29H29NO3/c1-19-12-13-24(17-27(19)29(31)33-4)28-15-21(14-23-8-5-6-11-26(23)28)18-30-20(2)22-9-7-10-25(16-22)32-3/h5-17,20,30H,18H2,1-4H3/t20-/m1/s1. The first-order valence-corrected chi connectivity index (χ1v) is 11.1. The zero-order chi connectivity index (χ0) is 23.4. The summed E-state index contributed by atoms with van der Waals surface area (Å²) in [6, 6.07) is 27.1. The molecule has 0 aliphatic rings. The average molecular weight is 440 g/mol. The molecule has 4 nitrogen and oxygen atoms in total. The number of carbonyl (C=O) groups is 1. The summed E-state index contributed by atoms with van der Waals surface area (Å²) in [5.74, 6) is 0.540. The van der Waals surface area contributed by atoms with Gasteiger partial charge in [-0.2, -0.15) is 0 Å². The van der Waals surface area contributed by atoms with E-state index in [0.717, 1.165) is 27.8 Å². The molecule has 0 aliphatic carbocycles. The Morgan fingerprint density at radius 1 is 0.939 bits per heavy atom. The van der Waals surface area contributed by atoms with E-state index < -0.39 is 0 Å². The van der Waals surface area contributed by atoms with Crippen molar-refractivity contribution in [2.75, 3.05) is 14.2 Å². The molecule has 0 unspecified atom stereocenters. The zero-order valence-corrected chi connectivity index (χ0v) is 19.5. The van der Waals surface area contributed by atoms with E-state index in [2.05, 4.69) is 60.8 Å². The third-order valence-corrected chi connectivity index (χ3v) is 6.08. The van der Waals surface area contributed by atoms with Gasteiger partial charge in [0.2, 0.25) is 0 Å². The lowest BCUT2D eigenvalue weighted by atomic mass is 9.93. The number of nitrogens with one attached hydrogen (secondary N) is 1. The molecular weight excluding hydrogens is 410 g/mol. The first-order valence-electron chi connectivity index (χ1n) is 11.1. The summed E-state index contributed by atoms with van der Waals surface area (Å²) in [7, 11) is 3.10. The van der Waals surface area contributed by atoms with Crippen molar-refractivity contribution < 1.29 is 14.3 Å². The van der Waals surface area contributed by atoms with Crippen LogP contribution in [0.1, 0.15) is 40.0 Å². The van der Waals surface area contributed by atoms with Crippen LogP contribution in [-0.2, 0) is 11.3 Å². The molecule has 4 aromatic rings. The van der Waals surface area contributed by atoms with Crippen molar-refractivity contribution in [2.45, 2.75) is 26.4 Å². The lowest BCUT2D eigenvalue weighted by Crippen LogP contribution is -2.18. The Hall–Kier alpha value is -3.63. The van der Waals surface area contributed by atoms with Crippen molar-refractivity contribution in [3.8, 4) is 16.9 Å². The Kier molecular flexibility index (Phi) is 6.76. The maximum atomic E-state index is 12.3. The van der Waals surface area contributed by atoms with Crippen molar-refractivity contribution in [3.05, 3.63) is 101 Å². The molecule has 0 saturated heterocycles. The molecule has 0 fully saturated rings. The fourth-order valence-corrected chi connectivity index (χ4v) is 4.13. The molecule has 1 atom stereocenters. The van der Waals surface area contributed by atoms with E-state index in [0.29, 0.717) is 12.1 Å². The van der Waals surface area contributed by atoms with Crippen molar-refractivity contribution >= 4 is 16.7 Å². The van der Waals surface area contributed by atoms with Gasteiger partial charge in [-0.25, -0.2) is 4.79 Å². The molecule has 0 bridgehead atoms. The second-order valence-electron chi connectivity index (χ2n) is 8.27. The average Bonchev–Trinajstić information content (AvgIpc) is 2.86. The van der Waals surface area contributed by atoms with E-state index in [4.69, 9.17) is 9.47 Å². The van der Waals surface area contributed by atoms with Crippen LogP contribution in [0.5, 0.6) is 5.75 Å².